The van der Waals surface area contributed by atoms with E-state index in [0.29, 0.717) is 18.9 Å². The molecule has 0 radical (unpaired) electrons. The molecule has 0 bridgehead atoms. The fraction of sp³-hybridized carbons (Fsp3) is 0.435. The molecule has 7 heteroatoms. The molecule has 5 nitrogen and oxygen atoms in total. The van der Waals surface area contributed by atoms with Crippen LogP contribution in [-0.2, 0) is 21.2 Å². The smallest absolute Gasteiger partial charge is 0.243 e. The summed E-state index contributed by atoms with van der Waals surface area (Å²) in [7, 11) is -3.71. The lowest BCUT2D eigenvalue weighted by molar-refractivity contribution is -0.133. The van der Waals surface area contributed by atoms with E-state index in [2.05, 4.69) is 22.9 Å². The molecule has 1 saturated heterocycles. The SMILES string of the molecule is CC1CCN(C(=O)C[C@H]2c3ccccc3CCN2S(=O)(=O)c2ccc(Br)cc2)CC1. The van der Waals surface area contributed by atoms with Crippen molar-refractivity contribution in [3.8, 4) is 0 Å². The Balaban J connectivity index is 1.65. The Bertz CT molecular complexity index is 1010. The second kappa shape index (κ2) is 8.81. The van der Waals surface area contributed by atoms with Crippen molar-refractivity contribution in [2.75, 3.05) is 19.6 Å². The molecule has 0 aromatic heterocycles. The molecule has 2 aromatic rings. The van der Waals surface area contributed by atoms with Gasteiger partial charge in [-0.2, -0.15) is 4.31 Å². The van der Waals surface area contributed by atoms with Crippen LogP contribution in [0.1, 0.15) is 43.4 Å². The van der Waals surface area contributed by atoms with Gasteiger partial charge in [0.25, 0.3) is 0 Å². The number of carbonyl (C=O) groups excluding carboxylic acids is 1. The topological polar surface area (TPSA) is 57.7 Å². The van der Waals surface area contributed by atoms with Crippen molar-refractivity contribution >= 4 is 31.9 Å². The van der Waals surface area contributed by atoms with Gasteiger partial charge in [-0.05, 0) is 60.6 Å². The standard InChI is InChI=1S/C23H27BrN2O3S/c1-17-10-13-25(14-11-17)23(27)16-22-21-5-3-2-4-18(21)12-15-26(22)30(28,29)20-8-6-19(24)7-9-20/h2-9,17,22H,10-16H2,1H3/t22-/m0/s1. The number of likely N-dealkylation sites (tertiary alicyclic amines) is 1. The minimum absolute atomic E-state index is 0.0413. The number of nitrogens with zero attached hydrogens (tertiary/aromatic N) is 2. The first-order valence-electron chi connectivity index (χ1n) is 10.5. The monoisotopic (exact) mass is 490 g/mol. The Kier molecular flexibility index (Phi) is 6.32. The third kappa shape index (κ3) is 4.34. The Hall–Kier alpha value is -1.70. The highest BCUT2D eigenvalue weighted by Gasteiger charge is 2.38. The van der Waals surface area contributed by atoms with Gasteiger partial charge in [-0.3, -0.25) is 4.79 Å². The number of rotatable bonds is 4. The van der Waals surface area contributed by atoms with Gasteiger partial charge in [0, 0.05) is 30.5 Å². The van der Waals surface area contributed by atoms with Crippen molar-refractivity contribution < 1.29 is 13.2 Å². The Morgan fingerprint density at radius 3 is 2.40 bits per heavy atom. The molecular formula is C23H27BrN2O3S. The molecule has 1 fully saturated rings. The number of sulfonamides is 1. The van der Waals surface area contributed by atoms with Gasteiger partial charge >= 0.3 is 0 Å². The fourth-order valence-corrected chi connectivity index (χ4v) is 6.29. The molecular weight excluding hydrogens is 464 g/mol. The Morgan fingerprint density at radius 1 is 1.03 bits per heavy atom. The molecule has 1 atom stereocenters. The van der Waals surface area contributed by atoms with Crippen molar-refractivity contribution in [1.82, 2.24) is 9.21 Å². The van der Waals surface area contributed by atoms with E-state index in [-0.39, 0.29) is 17.2 Å². The van der Waals surface area contributed by atoms with Crippen LogP contribution in [0.3, 0.4) is 0 Å². The average Bonchev–Trinajstić information content (AvgIpc) is 2.74. The van der Waals surface area contributed by atoms with Crippen LogP contribution in [0.4, 0.5) is 0 Å². The summed E-state index contributed by atoms with van der Waals surface area (Å²) in [6.45, 7) is 4.11. The number of piperidine rings is 1. The number of carbonyl (C=O) groups is 1. The average molecular weight is 491 g/mol. The highest BCUT2D eigenvalue weighted by molar-refractivity contribution is 9.10. The van der Waals surface area contributed by atoms with Crippen LogP contribution in [-0.4, -0.2) is 43.2 Å². The quantitative estimate of drug-likeness (QED) is 0.638. The Morgan fingerprint density at radius 2 is 1.70 bits per heavy atom. The minimum Gasteiger partial charge on any atom is -0.343 e. The van der Waals surface area contributed by atoms with Gasteiger partial charge in [-0.25, -0.2) is 8.42 Å². The molecule has 0 saturated carbocycles. The van der Waals surface area contributed by atoms with Crippen LogP contribution in [0.25, 0.3) is 0 Å². The normalized spacial score (nSPS) is 20.7. The first kappa shape index (κ1) is 21.5. The maximum absolute atomic E-state index is 13.5. The molecule has 0 spiro atoms. The maximum Gasteiger partial charge on any atom is 0.243 e. The molecule has 160 valence electrons. The van der Waals surface area contributed by atoms with Gasteiger partial charge in [0.2, 0.25) is 15.9 Å². The predicted octanol–water partition coefficient (Wildman–Crippen LogP) is 4.39. The number of fused-ring (bicyclic) bond motifs is 1. The lowest BCUT2D eigenvalue weighted by atomic mass is 9.91. The van der Waals surface area contributed by atoms with Crippen LogP contribution >= 0.6 is 15.9 Å². The third-order valence-corrected chi connectivity index (χ3v) is 8.74. The lowest BCUT2D eigenvalue weighted by Gasteiger charge is -2.38. The van der Waals surface area contributed by atoms with E-state index in [0.717, 1.165) is 41.5 Å². The van der Waals surface area contributed by atoms with E-state index >= 15 is 0 Å². The lowest BCUT2D eigenvalue weighted by Crippen LogP contribution is -2.44. The molecule has 4 rings (SSSR count). The van der Waals surface area contributed by atoms with E-state index in [9.17, 15) is 13.2 Å². The summed E-state index contributed by atoms with van der Waals surface area (Å²) >= 11 is 3.36. The summed E-state index contributed by atoms with van der Waals surface area (Å²) < 4.78 is 29.4. The second-order valence-electron chi connectivity index (χ2n) is 8.30. The van der Waals surface area contributed by atoms with Crippen molar-refractivity contribution in [2.45, 2.75) is 43.5 Å². The zero-order valence-electron chi connectivity index (χ0n) is 17.1. The predicted molar refractivity (Wildman–Crippen MR) is 121 cm³/mol. The summed E-state index contributed by atoms with van der Waals surface area (Å²) in [6.07, 6.45) is 2.85. The number of hydrogen-bond donors (Lipinski definition) is 0. The van der Waals surface area contributed by atoms with Crippen LogP contribution in [0, 0.1) is 5.92 Å². The van der Waals surface area contributed by atoms with Crippen LogP contribution in [0.15, 0.2) is 57.9 Å². The van der Waals surface area contributed by atoms with E-state index in [1.807, 2.05) is 29.2 Å². The van der Waals surface area contributed by atoms with Gasteiger partial charge in [-0.1, -0.05) is 47.1 Å². The van der Waals surface area contributed by atoms with Crippen molar-refractivity contribution in [1.29, 1.82) is 0 Å². The molecule has 0 unspecified atom stereocenters. The summed E-state index contributed by atoms with van der Waals surface area (Å²) in [5.41, 5.74) is 2.08. The van der Waals surface area contributed by atoms with Gasteiger partial charge in [-0.15, -0.1) is 0 Å². The van der Waals surface area contributed by atoms with Gasteiger partial charge < -0.3 is 4.90 Å². The maximum atomic E-state index is 13.5. The number of benzene rings is 2. The second-order valence-corrected chi connectivity index (χ2v) is 11.1. The molecule has 2 aliphatic rings. The van der Waals surface area contributed by atoms with Gasteiger partial charge in [0.15, 0.2) is 0 Å². The highest BCUT2D eigenvalue weighted by atomic mass is 79.9. The number of halogens is 1. The molecule has 2 heterocycles. The zero-order valence-corrected chi connectivity index (χ0v) is 19.5. The van der Waals surface area contributed by atoms with E-state index < -0.39 is 16.1 Å². The van der Waals surface area contributed by atoms with Crippen LogP contribution in [0.2, 0.25) is 0 Å². The molecule has 0 aliphatic carbocycles. The van der Waals surface area contributed by atoms with Crippen molar-refractivity contribution in [2.24, 2.45) is 5.92 Å². The summed E-state index contributed by atoms with van der Waals surface area (Å²) in [5, 5.41) is 0. The third-order valence-electron chi connectivity index (χ3n) is 6.29. The first-order valence-corrected chi connectivity index (χ1v) is 12.7. The fourth-order valence-electron chi connectivity index (χ4n) is 4.42. The van der Waals surface area contributed by atoms with E-state index in [1.54, 1.807) is 24.3 Å². The number of amides is 1. The molecule has 1 amide bonds. The van der Waals surface area contributed by atoms with Crippen molar-refractivity contribution in [3.63, 3.8) is 0 Å². The van der Waals surface area contributed by atoms with Gasteiger partial charge in [0.1, 0.15) is 0 Å². The van der Waals surface area contributed by atoms with Gasteiger partial charge in [0.05, 0.1) is 10.9 Å². The van der Waals surface area contributed by atoms with E-state index in [1.165, 1.54) is 4.31 Å². The molecule has 2 aromatic carbocycles. The van der Waals surface area contributed by atoms with Crippen LogP contribution in [0.5, 0.6) is 0 Å². The van der Waals surface area contributed by atoms with E-state index in [4.69, 9.17) is 0 Å². The largest absolute Gasteiger partial charge is 0.343 e. The Labute approximate surface area is 187 Å². The molecule has 2 aliphatic heterocycles. The molecule has 30 heavy (non-hydrogen) atoms. The summed E-state index contributed by atoms with van der Waals surface area (Å²) in [4.78, 5) is 15.3. The minimum atomic E-state index is -3.71. The molecule has 0 N–H and O–H groups in total. The van der Waals surface area contributed by atoms with Crippen LogP contribution < -0.4 is 0 Å². The summed E-state index contributed by atoms with van der Waals surface area (Å²) in [6, 6.07) is 14.1. The van der Waals surface area contributed by atoms with Crippen molar-refractivity contribution in [3.05, 3.63) is 64.1 Å². The first-order chi connectivity index (χ1) is 14.4. The zero-order chi connectivity index (χ0) is 21.3. The summed E-state index contributed by atoms with van der Waals surface area (Å²) in [5.74, 6) is 0.679. The number of hydrogen-bond acceptors (Lipinski definition) is 3. The highest BCUT2D eigenvalue weighted by Crippen LogP contribution is 2.37.